The normalized spacial score (nSPS) is 16.8. The highest BCUT2D eigenvalue weighted by molar-refractivity contribution is 8.01. The number of halogens is 1. The number of amides is 1. The van der Waals surface area contributed by atoms with Gasteiger partial charge in [0.25, 0.3) is 0 Å². The Morgan fingerprint density at radius 1 is 1.37 bits per heavy atom. The zero-order valence-corrected chi connectivity index (χ0v) is 18.8. The molecule has 1 atom stereocenters. The van der Waals surface area contributed by atoms with Crippen molar-refractivity contribution >= 4 is 40.0 Å². The summed E-state index contributed by atoms with van der Waals surface area (Å²) >= 11 is 3.66. The van der Waals surface area contributed by atoms with Gasteiger partial charge in [-0.15, -0.1) is 11.3 Å². The number of fused-ring (bicyclic) bond motifs is 1. The van der Waals surface area contributed by atoms with Gasteiger partial charge in [-0.3, -0.25) is 9.69 Å². The topological polar surface area (TPSA) is 58.4 Å². The van der Waals surface area contributed by atoms with Crippen LogP contribution in [0, 0.1) is 5.82 Å². The molecule has 1 aliphatic rings. The van der Waals surface area contributed by atoms with Crippen molar-refractivity contribution in [3.05, 3.63) is 46.7 Å². The van der Waals surface area contributed by atoms with Crippen molar-refractivity contribution < 1.29 is 13.7 Å². The van der Waals surface area contributed by atoms with E-state index in [1.165, 1.54) is 21.2 Å². The summed E-state index contributed by atoms with van der Waals surface area (Å²) < 4.78 is 20.1. The molecular formula is C22H26FN3O2S2. The first-order valence-corrected chi connectivity index (χ1v) is 12.0. The summed E-state index contributed by atoms with van der Waals surface area (Å²) in [7, 11) is 0. The second-order valence-corrected chi connectivity index (χ2v) is 10.3. The molecule has 0 spiro atoms. The zero-order valence-electron chi connectivity index (χ0n) is 17.2. The van der Waals surface area contributed by atoms with Crippen LogP contribution in [0.3, 0.4) is 0 Å². The second kappa shape index (κ2) is 9.49. The smallest absolute Gasteiger partial charge is 0.217 e. The lowest BCUT2D eigenvalue weighted by molar-refractivity contribution is -0.119. The molecule has 1 aliphatic heterocycles. The first kappa shape index (κ1) is 21.3. The van der Waals surface area contributed by atoms with Crippen LogP contribution in [0.5, 0.6) is 0 Å². The molecule has 1 N–H and O–H groups in total. The molecule has 0 aliphatic carbocycles. The summed E-state index contributed by atoms with van der Waals surface area (Å²) in [6.07, 6.45) is 3.11. The van der Waals surface area contributed by atoms with Crippen molar-refractivity contribution in [3.8, 4) is 0 Å². The highest BCUT2D eigenvalue weighted by atomic mass is 32.2. The van der Waals surface area contributed by atoms with Gasteiger partial charge in [0, 0.05) is 29.2 Å². The van der Waals surface area contributed by atoms with Gasteiger partial charge in [0.2, 0.25) is 5.91 Å². The summed E-state index contributed by atoms with van der Waals surface area (Å²) in [6, 6.07) is 8.92. The molecule has 3 heterocycles. The van der Waals surface area contributed by atoms with Gasteiger partial charge >= 0.3 is 0 Å². The van der Waals surface area contributed by atoms with Crippen LogP contribution < -0.4 is 5.32 Å². The molecule has 8 heteroatoms. The summed E-state index contributed by atoms with van der Waals surface area (Å²) in [5, 5.41) is 8.48. The molecule has 1 amide bonds. The monoisotopic (exact) mass is 447 g/mol. The molecule has 5 nitrogen and oxygen atoms in total. The van der Waals surface area contributed by atoms with E-state index < -0.39 is 0 Å². The van der Waals surface area contributed by atoms with Crippen molar-refractivity contribution in [3.63, 3.8) is 0 Å². The minimum Gasteiger partial charge on any atom is -0.356 e. The lowest BCUT2D eigenvalue weighted by Crippen LogP contribution is -2.39. The third-order valence-electron chi connectivity index (χ3n) is 5.54. The van der Waals surface area contributed by atoms with Gasteiger partial charge in [0.05, 0.1) is 21.8 Å². The first-order valence-electron chi connectivity index (χ1n) is 10.3. The van der Waals surface area contributed by atoms with Crippen molar-refractivity contribution in [1.82, 2.24) is 15.4 Å². The van der Waals surface area contributed by atoms with E-state index in [4.69, 9.17) is 4.52 Å². The number of hydrogen-bond donors (Lipinski definition) is 1. The van der Waals surface area contributed by atoms with Gasteiger partial charge in [-0.2, -0.15) is 0 Å². The molecule has 2 aromatic heterocycles. The van der Waals surface area contributed by atoms with Crippen molar-refractivity contribution in [1.29, 1.82) is 0 Å². The van der Waals surface area contributed by atoms with Crippen LogP contribution >= 0.6 is 23.1 Å². The molecule has 0 radical (unpaired) electrons. The number of thioether (sulfide) groups is 1. The fourth-order valence-corrected chi connectivity index (χ4v) is 6.43. The molecule has 4 rings (SSSR count). The first-order chi connectivity index (χ1) is 14.5. The van der Waals surface area contributed by atoms with Gasteiger partial charge in [0.1, 0.15) is 5.82 Å². The van der Waals surface area contributed by atoms with Gasteiger partial charge in [-0.1, -0.05) is 23.8 Å². The van der Waals surface area contributed by atoms with E-state index in [0.717, 1.165) is 43.4 Å². The molecule has 0 saturated carbocycles. The number of aromatic nitrogens is 1. The number of carbonyl (C=O) groups is 1. The third kappa shape index (κ3) is 4.87. The molecule has 1 fully saturated rings. The summed E-state index contributed by atoms with van der Waals surface area (Å²) in [6.45, 7) is 6.39. The predicted octanol–water partition coefficient (Wildman–Crippen LogP) is 5.37. The van der Waals surface area contributed by atoms with Gasteiger partial charge in [-0.25, -0.2) is 4.39 Å². The highest BCUT2D eigenvalue weighted by Crippen LogP contribution is 2.38. The molecule has 1 aromatic carbocycles. The summed E-state index contributed by atoms with van der Waals surface area (Å²) in [5.74, 6) is 0.0510. The Hall–Kier alpha value is -1.90. The van der Waals surface area contributed by atoms with Crippen molar-refractivity contribution in [2.45, 2.75) is 55.2 Å². The largest absolute Gasteiger partial charge is 0.356 e. The van der Waals surface area contributed by atoms with Crippen LogP contribution in [-0.4, -0.2) is 34.4 Å². The van der Waals surface area contributed by atoms with Crippen LogP contribution in [0.25, 0.3) is 11.0 Å². The Morgan fingerprint density at radius 2 is 2.17 bits per heavy atom. The fraction of sp³-hybridized carbons (Fsp3) is 0.455. The highest BCUT2D eigenvalue weighted by Gasteiger charge is 2.28. The Morgan fingerprint density at radius 3 is 2.90 bits per heavy atom. The number of carbonyl (C=O) groups excluding carboxylic acids is 1. The standard InChI is InChI=1S/C22H26FN3O2S2/c1-3-20(30-21-7-5-17(29-21)13-24-14(2)27)26-10-8-15(9-11-26)22-18-6-4-16(23)12-19(18)28-25-22/h4-7,12,15,20H,3,8-11,13H2,1-2H3,(H,24,27). The molecule has 3 aromatic rings. The maximum absolute atomic E-state index is 13.4. The maximum atomic E-state index is 13.4. The molecular weight excluding hydrogens is 421 g/mol. The van der Waals surface area contributed by atoms with E-state index in [9.17, 15) is 9.18 Å². The number of nitrogens with zero attached hydrogens (tertiary/aromatic N) is 2. The Kier molecular flexibility index (Phi) is 6.75. The molecule has 1 unspecified atom stereocenters. The van der Waals surface area contributed by atoms with Crippen LogP contribution in [-0.2, 0) is 11.3 Å². The number of likely N-dealkylation sites (tertiary alicyclic amines) is 1. The predicted molar refractivity (Wildman–Crippen MR) is 119 cm³/mol. The van der Waals surface area contributed by atoms with Gasteiger partial charge in [0.15, 0.2) is 5.58 Å². The SMILES string of the molecule is CCC(Sc1ccc(CNC(C)=O)s1)N1CCC(c2noc3cc(F)ccc23)CC1. The third-order valence-corrected chi connectivity index (χ3v) is 8.23. The molecule has 160 valence electrons. The lowest BCUT2D eigenvalue weighted by atomic mass is 9.91. The molecule has 0 bridgehead atoms. The summed E-state index contributed by atoms with van der Waals surface area (Å²) in [4.78, 5) is 14.8. The van der Waals surface area contributed by atoms with Gasteiger partial charge in [-0.05, 0) is 56.6 Å². The fourth-order valence-electron chi connectivity index (χ4n) is 3.96. The molecule has 1 saturated heterocycles. The number of hydrogen-bond acceptors (Lipinski definition) is 6. The van der Waals surface area contributed by atoms with Crippen LogP contribution in [0.15, 0.2) is 39.1 Å². The second-order valence-electron chi connectivity index (χ2n) is 7.63. The number of benzene rings is 1. The Bertz CT molecular complexity index is 1010. The minimum absolute atomic E-state index is 0.00284. The van der Waals surface area contributed by atoms with E-state index in [0.29, 0.717) is 23.4 Å². The quantitative estimate of drug-likeness (QED) is 0.493. The van der Waals surface area contributed by atoms with E-state index in [-0.39, 0.29) is 11.7 Å². The average Bonchev–Trinajstić information content (AvgIpc) is 3.37. The number of piperidine rings is 1. The lowest BCUT2D eigenvalue weighted by Gasteiger charge is -2.36. The van der Waals surface area contributed by atoms with Crippen LogP contribution in [0.2, 0.25) is 0 Å². The van der Waals surface area contributed by atoms with Gasteiger partial charge < -0.3 is 9.84 Å². The van der Waals surface area contributed by atoms with E-state index >= 15 is 0 Å². The van der Waals surface area contributed by atoms with Crippen molar-refractivity contribution in [2.24, 2.45) is 0 Å². The Balaban J connectivity index is 1.35. The maximum Gasteiger partial charge on any atom is 0.217 e. The average molecular weight is 448 g/mol. The summed E-state index contributed by atoms with van der Waals surface area (Å²) in [5.41, 5.74) is 1.49. The number of thiophene rings is 1. The van der Waals surface area contributed by atoms with E-state index in [1.807, 2.05) is 11.8 Å². The van der Waals surface area contributed by atoms with Crippen LogP contribution in [0.1, 0.15) is 49.6 Å². The Labute approximate surface area is 184 Å². The van der Waals surface area contributed by atoms with Crippen LogP contribution in [0.4, 0.5) is 4.39 Å². The molecule has 30 heavy (non-hydrogen) atoms. The number of rotatable bonds is 7. The van der Waals surface area contributed by atoms with E-state index in [1.54, 1.807) is 24.3 Å². The van der Waals surface area contributed by atoms with Crippen molar-refractivity contribution in [2.75, 3.05) is 13.1 Å². The zero-order chi connectivity index (χ0) is 21.1. The minimum atomic E-state index is -0.295. The van der Waals surface area contributed by atoms with E-state index in [2.05, 4.69) is 34.4 Å². The number of nitrogens with one attached hydrogen (secondary N) is 1.